The molecule has 0 fully saturated rings. The molecule has 0 saturated heterocycles. The van der Waals surface area contributed by atoms with Crippen LogP contribution in [0.1, 0.15) is 82.5 Å². The molecule has 59 heavy (non-hydrogen) atoms. The maximum Gasteiger partial charge on any atom is 0.181 e. The first-order valence-electron chi connectivity index (χ1n) is 19.6. The van der Waals surface area contributed by atoms with Crippen LogP contribution in [0.15, 0.2) is 48.5 Å². The van der Waals surface area contributed by atoms with Crippen LogP contribution in [0.3, 0.4) is 0 Å². The Labute approximate surface area is 341 Å². The second kappa shape index (κ2) is 14.2. The van der Waals surface area contributed by atoms with E-state index < -0.39 is 23.5 Å². The van der Waals surface area contributed by atoms with Crippen molar-refractivity contribution >= 4 is 17.6 Å². The van der Waals surface area contributed by atoms with Gasteiger partial charge in [0.1, 0.15) is 82.9 Å². The van der Waals surface area contributed by atoms with E-state index in [1.165, 1.54) is 13.2 Å². The molecule has 0 aromatic heterocycles. The summed E-state index contributed by atoms with van der Waals surface area (Å²) in [4.78, 5) is 27.1. The molecule has 6 heterocycles. The molecule has 1 N–H and O–H groups in total. The number of fused-ring (bicyclic) bond motifs is 12. The summed E-state index contributed by atoms with van der Waals surface area (Å²) in [6.07, 6.45) is 3.71. The highest BCUT2D eigenvalue weighted by Crippen LogP contribution is 2.53. The number of benzene rings is 4. The number of hydrogen-bond donors (Lipinski definition) is 1. The highest BCUT2D eigenvalue weighted by atomic mass is 16.6. The van der Waals surface area contributed by atoms with Crippen LogP contribution in [-0.2, 0) is 6.42 Å². The summed E-state index contributed by atoms with van der Waals surface area (Å²) in [6.45, 7) is 8.60. The summed E-state index contributed by atoms with van der Waals surface area (Å²) in [5.41, 5.74) is 3.30. The van der Waals surface area contributed by atoms with E-state index in [4.69, 9.17) is 47.4 Å². The van der Waals surface area contributed by atoms with E-state index in [0.29, 0.717) is 81.0 Å². The molecular formula is C46H46O13. The van der Waals surface area contributed by atoms with Crippen molar-refractivity contribution in [1.29, 1.82) is 0 Å². The highest BCUT2D eigenvalue weighted by molar-refractivity contribution is 6.09. The third-order valence-electron chi connectivity index (χ3n) is 11.8. The Bertz CT molecular complexity index is 2430. The number of Topliss-reactive ketones (excluding diaryl/α,β-unsaturated/α-hetero) is 2. The molecule has 13 heteroatoms. The second-order valence-corrected chi connectivity index (χ2v) is 16.2. The molecule has 5 atom stereocenters. The fraction of sp³-hybridized carbons (Fsp3) is 0.391. The lowest BCUT2D eigenvalue weighted by atomic mass is 9.80. The predicted octanol–water partition coefficient (Wildman–Crippen LogP) is 7.50. The maximum atomic E-state index is 13.6. The summed E-state index contributed by atoms with van der Waals surface area (Å²) in [6, 6.07) is 12.2. The van der Waals surface area contributed by atoms with Crippen LogP contribution >= 0.6 is 0 Å². The average Bonchev–Trinajstić information content (AvgIpc) is 3.68. The van der Waals surface area contributed by atoms with Gasteiger partial charge in [-0.05, 0) is 56.2 Å². The number of carbonyl (C=O) groups excluding carboxylic acids is 2. The molecular weight excluding hydrogens is 760 g/mol. The molecule has 0 spiro atoms. The van der Waals surface area contributed by atoms with E-state index in [9.17, 15) is 14.7 Å². The molecule has 4 aromatic carbocycles. The van der Waals surface area contributed by atoms with Gasteiger partial charge in [0.15, 0.2) is 34.6 Å². The number of phenols is 1. The van der Waals surface area contributed by atoms with Gasteiger partial charge in [-0.2, -0.15) is 0 Å². The van der Waals surface area contributed by atoms with Crippen molar-refractivity contribution < 1.29 is 62.1 Å². The van der Waals surface area contributed by atoms with Crippen molar-refractivity contribution in [2.24, 2.45) is 5.92 Å². The largest absolute Gasteiger partial charge is 0.507 e. The Morgan fingerprint density at radius 2 is 1.25 bits per heavy atom. The van der Waals surface area contributed by atoms with Crippen molar-refractivity contribution in [2.45, 2.75) is 69.9 Å². The molecule has 4 aromatic rings. The van der Waals surface area contributed by atoms with Gasteiger partial charge in [-0.3, -0.25) is 9.59 Å². The SMILES string of the molecule is COc1cc2c(cc1OC)C1C(=O)c3c(O)cc4c(c3OC1CO2)C=CC(C)(C)O4.COc1cc2c(cc1OC)C1C(=O)c3ccc4c(c3OC1CO2)CC(C(C)C)O4. The highest BCUT2D eigenvalue weighted by Gasteiger charge is 2.48. The van der Waals surface area contributed by atoms with Crippen molar-refractivity contribution in [1.82, 2.24) is 0 Å². The van der Waals surface area contributed by atoms with E-state index in [2.05, 4.69) is 13.8 Å². The lowest BCUT2D eigenvalue weighted by molar-refractivity contribution is 0.0544. The zero-order chi connectivity index (χ0) is 41.5. The molecule has 10 rings (SSSR count). The van der Waals surface area contributed by atoms with Crippen molar-refractivity contribution in [3.05, 3.63) is 81.9 Å². The fourth-order valence-corrected chi connectivity index (χ4v) is 8.74. The molecule has 5 unspecified atom stereocenters. The van der Waals surface area contributed by atoms with Gasteiger partial charge in [0.05, 0.1) is 51.4 Å². The van der Waals surface area contributed by atoms with Crippen LogP contribution in [0.25, 0.3) is 6.08 Å². The number of methoxy groups -OCH3 is 4. The third kappa shape index (κ3) is 6.20. The van der Waals surface area contributed by atoms with Crippen molar-refractivity contribution in [3.8, 4) is 63.2 Å². The Balaban J connectivity index is 0.000000152. The van der Waals surface area contributed by atoms with Crippen LogP contribution in [0.2, 0.25) is 0 Å². The van der Waals surface area contributed by atoms with Crippen LogP contribution < -0.4 is 47.4 Å². The average molecular weight is 807 g/mol. The van der Waals surface area contributed by atoms with E-state index in [-0.39, 0.29) is 41.7 Å². The number of rotatable bonds is 5. The molecule has 0 amide bonds. The van der Waals surface area contributed by atoms with E-state index in [1.807, 2.05) is 44.2 Å². The van der Waals surface area contributed by atoms with Crippen LogP contribution in [0, 0.1) is 5.92 Å². The lowest BCUT2D eigenvalue weighted by Crippen LogP contribution is -2.43. The van der Waals surface area contributed by atoms with E-state index >= 15 is 0 Å². The van der Waals surface area contributed by atoms with Crippen molar-refractivity contribution in [2.75, 3.05) is 41.7 Å². The first-order chi connectivity index (χ1) is 28.3. The zero-order valence-electron chi connectivity index (χ0n) is 34.1. The summed E-state index contributed by atoms with van der Waals surface area (Å²) in [5, 5.41) is 10.7. The number of ether oxygens (including phenoxy) is 10. The number of hydrogen-bond acceptors (Lipinski definition) is 13. The van der Waals surface area contributed by atoms with Gasteiger partial charge in [-0.15, -0.1) is 0 Å². The summed E-state index contributed by atoms with van der Waals surface area (Å²) >= 11 is 0. The van der Waals surface area contributed by atoms with Crippen LogP contribution in [-0.4, -0.2) is 82.2 Å². The second-order valence-electron chi connectivity index (χ2n) is 16.2. The smallest absolute Gasteiger partial charge is 0.181 e. The van der Waals surface area contributed by atoms with Gasteiger partial charge in [0.25, 0.3) is 0 Å². The topological polar surface area (TPSA) is 147 Å². The maximum absolute atomic E-state index is 13.6. The van der Waals surface area contributed by atoms with Gasteiger partial charge in [0, 0.05) is 41.3 Å². The molecule has 6 aliphatic rings. The van der Waals surface area contributed by atoms with Gasteiger partial charge in [-0.1, -0.05) is 13.8 Å². The Morgan fingerprint density at radius 1 is 0.695 bits per heavy atom. The van der Waals surface area contributed by atoms with Gasteiger partial charge in [-0.25, -0.2) is 0 Å². The number of ketones is 2. The minimum absolute atomic E-state index is 0.0452. The predicted molar refractivity (Wildman–Crippen MR) is 214 cm³/mol. The standard InChI is InChI=1S/C23H22O7.C23H24O6/c1-23(2)6-5-11-15(30-23)8-13(24)20-21(25)19-12-7-16(26-3)17(27-4)9-14(12)28-10-18(19)29-22(11)20;1-11(2)16-8-14-15(28-16)6-5-12-22(24)21-13-7-18(25-3)19(26-4)9-17(13)27-10-20(21)29-23(12)14/h5-9,18-19,24H,10H2,1-4H3;5-7,9,11,16,20-21H,8,10H2,1-4H3. The summed E-state index contributed by atoms with van der Waals surface area (Å²) in [7, 11) is 6.23. The molecule has 6 aliphatic heterocycles. The number of phenolic OH excluding ortho intramolecular Hbond substituents is 1. The molecule has 0 aliphatic carbocycles. The fourth-order valence-electron chi connectivity index (χ4n) is 8.74. The van der Waals surface area contributed by atoms with Crippen LogP contribution in [0.5, 0.6) is 63.2 Å². The summed E-state index contributed by atoms with van der Waals surface area (Å²) in [5.74, 6) is 4.58. The first kappa shape index (κ1) is 38.3. The number of carbonyl (C=O) groups is 2. The van der Waals surface area contributed by atoms with Crippen molar-refractivity contribution in [3.63, 3.8) is 0 Å². The van der Waals surface area contributed by atoms with E-state index in [1.54, 1.807) is 39.5 Å². The quantitative estimate of drug-likeness (QED) is 0.213. The van der Waals surface area contributed by atoms with Gasteiger partial charge in [0.2, 0.25) is 0 Å². The van der Waals surface area contributed by atoms with E-state index in [0.717, 1.165) is 23.3 Å². The van der Waals surface area contributed by atoms with Gasteiger partial charge >= 0.3 is 0 Å². The molecule has 0 saturated carbocycles. The normalized spacial score (nSPS) is 23.0. The lowest BCUT2D eigenvalue weighted by Gasteiger charge is -2.39. The monoisotopic (exact) mass is 806 g/mol. The molecule has 13 nitrogen and oxygen atoms in total. The minimum atomic E-state index is -0.630. The Kier molecular flexibility index (Phi) is 9.24. The third-order valence-corrected chi connectivity index (χ3v) is 11.8. The molecule has 0 bridgehead atoms. The summed E-state index contributed by atoms with van der Waals surface area (Å²) < 4.78 is 58.0. The molecule has 0 radical (unpaired) electrons. The van der Waals surface area contributed by atoms with Crippen LogP contribution in [0.4, 0.5) is 0 Å². The Hall–Kier alpha value is -6.24. The molecule has 308 valence electrons. The minimum Gasteiger partial charge on any atom is -0.507 e. The number of aromatic hydroxyl groups is 1. The first-order valence-corrected chi connectivity index (χ1v) is 19.6. The Morgan fingerprint density at radius 3 is 1.83 bits per heavy atom. The zero-order valence-corrected chi connectivity index (χ0v) is 34.1. The van der Waals surface area contributed by atoms with Gasteiger partial charge < -0.3 is 52.5 Å².